The van der Waals surface area contributed by atoms with Crippen LogP contribution < -0.4 is 0 Å². The van der Waals surface area contributed by atoms with Crippen LogP contribution in [-0.4, -0.2) is 26.6 Å². The van der Waals surface area contributed by atoms with Crippen molar-refractivity contribution in [2.45, 2.75) is 0 Å². The van der Waals surface area contributed by atoms with Gasteiger partial charge in [-0.3, -0.25) is 9.89 Å². The van der Waals surface area contributed by atoms with E-state index in [0.717, 1.165) is 22.9 Å². The number of fused-ring (bicyclic) bond motifs is 1. The Kier molecular flexibility index (Phi) is 1.98. The largest absolute Gasteiger partial charge is 0.508 e. The molecule has 3 N–H and O–H groups in total. The number of aromatic amines is 2. The smallest absolute Gasteiger partial charge is 0.153 e. The minimum atomic E-state index is 0.211. The van der Waals surface area contributed by atoms with Gasteiger partial charge >= 0.3 is 0 Å². The van der Waals surface area contributed by atoms with Crippen molar-refractivity contribution in [2.75, 3.05) is 0 Å². The Morgan fingerprint density at radius 3 is 3.00 bits per heavy atom. The first-order chi connectivity index (χ1) is 8.28. The van der Waals surface area contributed by atoms with Crippen LogP contribution in [0.4, 0.5) is 0 Å². The number of phenols is 1. The van der Waals surface area contributed by atoms with E-state index in [1.165, 1.54) is 6.20 Å². The number of aromatic nitrogens is 3. The van der Waals surface area contributed by atoms with Crippen molar-refractivity contribution in [2.24, 2.45) is 0 Å². The van der Waals surface area contributed by atoms with E-state index in [0.29, 0.717) is 11.3 Å². The van der Waals surface area contributed by atoms with Crippen molar-refractivity contribution >= 4 is 17.2 Å². The van der Waals surface area contributed by atoms with Gasteiger partial charge in [0.15, 0.2) is 6.29 Å². The molecule has 3 aromatic rings. The highest BCUT2D eigenvalue weighted by Gasteiger charge is 2.09. The maximum absolute atomic E-state index is 10.8. The lowest BCUT2D eigenvalue weighted by atomic mass is 10.2. The number of rotatable bonds is 2. The van der Waals surface area contributed by atoms with Gasteiger partial charge in [-0.25, -0.2) is 0 Å². The maximum Gasteiger partial charge on any atom is 0.153 e. The third-order valence-electron chi connectivity index (χ3n) is 2.67. The van der Waals surface area contributed by atoms with Crippen LogP contribution in [0.3, 0.4) is 0 Å². The summed E-state index contributed by atoms with van der Waals surface area (Å²) in [6.45, 7) is 0. The molecule has 0 aliphatic heterocycles. The fraction of sp³-hybridized carbons (Fsp3) is 0. The van der Waals surface area contributed by atoms with Crippen molar-refractivity contribution in [3.8, 4) is 17.1 Å². The van der Waals surface area contributed by atoms with Gasteiger partial charge < -0.3 is 10.1 Å². The fourth-order valence-corrected chi connectivity index (χ4v) is 1.86. The lowest BCUT2D eigenvalue weighted by Gasteiger charge is -1.92. The molecule has 17 heavy (non-hydrogen) atoms. The Balaban J connectivity index is 2.21. The molecular formula is C12H9N3O2. The number of H-pyrrole nitrogens is 2. The van der Waals surface area contributed by atoms with Crippen molar-refractivity contribution in [3.63, 3.8) is 0 Å². The van der Waals surface area contributed by atoms with Gasteiger partial charge in [-0.2, -0.15) is 5.10 Å². The summed E-state index contributed by atoms with van der Waals surface area (Å²) < 4.78 is 0. The first-order valence-electron chi connectivity index (χ1n) is 5.08. The Labute approximate surface area is 96.1 Å². The van der Waals surface area contributed by atoms with E-state index < -0.39 is 0 Å². The molecule has 0 atom stereocenters. The number of aromatic hydroxyl groups is 1. The molecule has 0 radical (unpaired) electrons. The summed E-state index contributed by atoms with van der Waals surface area (Å²) in [6.07, 6.45) is 2.23. The van der Waals surface area contributed by atoms with Crippen molar-refractivity contribution in [1.29, 1.82) is 0 Å². The van der Waals surface area contributed by atoms with E-state index in [-0.39, 0.29) is 5.75 Å². The second kappa shape index (κ2) is 3.48. The number of nitrogens with zero attached hydrogens (tertiary/aromatic N) is 1. The number of hydrogen-bond donors (Lipinski definition) is 3. The van der Waals surface area contributed by atoms with E-state index in [4.69, 9.17) is 0 Å². The van der Waals surface area contributed by atoms with Gasteiger partial charge in [-0.1, -0.05) is 0 Å². The van der Waals surface area contributed by atoms with Crippen LogP contribution >= 0.6 is 0 Å². The molecule has 0 saturated heterocycles. The van der Waals surface area contributed by atoms with Gasteiger partial charge in [0, 0.05) is 10.9 Å². The number of aldehydes is 1. The van der Waals surface area contributed by atoms with Crippen molar-refractivity contribution in [1.82, 2.24) is 15.2 Å². The summed E-state index contributed by atoms with van der Waals surface area (Å²) in [5.41, 5.74) is 2.81. The number of carbonyl (C=O) groups excluding carboxylic acids is 1. The van der Waals surface area contributed by atoms with E-state index >= 15 is 0 Å². The van der Waals surface area contributed by atoms with E-state index in [9.17, 15) is 9.90 Å². The molecule has 0 unspecified atom stereocenters. The Bertz CT molecular complexity index is 697. The summed E-state index contributed by atoms with van der Waals surface area (Å²) in [4.78, 5) is 14.0. The molecule has 0 aliphatic rings. The normalized spacial score (nSPS) is 10.8. The highest BCUT2D eigenvalue weighted by molar-refractivity contribution is 5.90. The summed E-state index contributed by atoms with van der Waals surface area (Å²) in [5, 5.41) is 16.9. The number of benzene rings is 1. The Hall–Kier alpha value is -2.56. The minimum Gasteiger partial charge on any atom is -0.508 e. The molecule has 0 aliphatic carbocycles. The first kappa shape index (κ1) is 9.65. The molecule has 1 aromatic carbocycles. The van der Waals surface area contributed by atoms with Gasteiger partial charge in [0.25, 0.3) is 0 Å². The average Bonchev–Trinajstić information content (AvgIpc) is 2.93. The zero-order valence-electron chi connectivity index (χ0n) is 8.77. The van der Waals surface area contributed by atoms with Crippen LogP contribution in [0.25, 0.3) is 22.3 Å². The SMILES string of the molecule is O=Cc1cn[nH]c1-c1cc2cc(O)ccc2[nH]1. The molecule has 3 rings (SSSR count). The van der Waals surface area contributed by atoms with Crippen LogP contribution in [0.1, 0.15) is 10.4 Å². The van der Waals surface area contributed by atoms with E-state index in [1.54, 1.807) is 18.2 Å². The number of nitrogens with one attached hydrogen (secondary N) is 2. The molecule has 0 saturated carbocycles. The predicted molar refractivity (Wildman–Crippen MR) is 62.9 cm³/mol. The number of carbonyl (C=O) groups is 1. The van der Waals surface area contributed by atoms with Crippen LogP contribution in [0.15, 0.2) is 30.5 Å². The number of phenolic OH excluding ortho intramolecular Hbond substituents is 1. The van der Waals surface area contributed by atoms with Gasteiger partial charge in [0.1, 0.15) is 5.75 Å². The van der Waals surface area contributed by atoms with Crippen LogP contribution in [-0.2, 0) is 0 Å². The highest BCUT2D eigenvalue weighted by atomic mass is 16.3. The topological polar surface area (TPSA) is 81.8 Å². The molecule has 2 heterocycles. The maximum atomic E-state index is 10.8. The molecule has 5 nitrogen and oxygen atoms in total. The van der Waals surface area contributed by atoms with Crippen LogP contribution in [0, 0.1) is 0 Å². The zero-order chi connectivity index (χ0) is 11.8. The zero-order valence-corrected chi connectivity index (χ0v) is 8.77. The van der Waals surface area contributed by atoms with Crippen LogP contribution in [0.2, 0.25) is 0 Å². The lowest BCUT2D eigenvalue weighted by Crippen LogP contribution is -1.83. The van der Waals surface area contributed by atoms with Crippen molar-refractivity contribution in [3.05, 3.63) is 36.0 Å². The van der Waals surface area contributed by atoms with Gasteiger partial charge in [-0.15, -0.1) is 0 Å². The predicted octanol–water partition coefficient (Wildman–Crippen LogP) is 2.08. The second-order valence-electron chi connectivity index (χ2n) is 3.77. The quantitative estimate of drug-likeness (QED) is 0.586. The first-order valence-corrected chi connectivity index (χ1v) is 5.08. The average molecular weight is 227 g/mol. The molecule has 0 spiro atoms. The molecule has 0 amide bonds. The van der Waals surface area contributed by atoms with Gasteiger partial charge in [-0.05, 0) is 24.3 Å². The van der Waals surface area contributed by atoms with Gasteiger partial charge in [0.05, 0.1) is 23.1 Å². The minimum absolute atomic E-state index is 0.211. The van der Waals surface area contributed by atoms with Gasteiger partial charge in [0.2, 0.25) is 0 Å². The monoisotopic (exact) mass is 227 g/mol. The van der Waals surface area contributed by atoms with Crippen molar-refractivity contribution < 1.29 is 9.90 Å². The molecule has 2 aromatic heterocycles. The Morgan fingerprint density at radius 2 is 2.18 bits per heavy atom. The molecule has 0 bridgehead atoms. The third kappa shape index (κ3) is 1.48. The molecule has 5 heteroatoms. The highest BCUT2D eigenvalue weighted by Crippen LogP contribution is 2.26. The fourth-order valence-electron chi connectivity index (χ4n) is 1.86. The third-order valence-corrected chi connectivity index (χ3v) is 2.67. The second-order valence-corrected chi connectivity index (χ2v) is 3.77. The van der Waals surface area contributed by atoms with Crippen LogP contribution in [0.5, 0.6) is 5.75 Å². The summed E-state index contributed by atoms with van der Waals surface area (Å²) >= 11 is 0. The molecule has 0 fully saturated rings. The summed E-state index contributed by atoms with van der Waals surface area (Å²) in [6, 6.07) is 6.91. The van der Waals surface area contributed by atoms with E-state index in [2.05, 4.69) is 15.2 Å². The molecular weight excluding hydrogens is 218 g/mol. The van der Waals surface area contributed by atoms with E-state index in [1.807, 2.05) is 6.07 Å². The Morgan fingerprint density at radius 1 is 1.29 bits per heavy atom. The lowest BCUT2D eigenvalue weighted by molar-refractivity contribution is 0.112. The summed E-state index contributed by atoms with van der Waals surface area (Å²) in [7, 11) is 0. The number of hydrogen-bond acceptors (Lipinski definition) is 3. The standard InChI is InChI=1S/C12H9N3O2/c16-6-8-5-13-15-12(8)11-4-7-3-9(17)1-2-10(7)14-11/h1-6,14,17H,(H,13,15). The summed E-state index contributed by atoms with van der Waals surface area (Å²) in [5.74, 6) is 0.211. The molecule has 84 valence electrons.